The molecule has 2 aromatic rings. The molecule has 0 aliphatic carbocycles. The number of aryl methyl sites for hydroxylation is 1. The smallest absolute Gasteiger partial charge is 0.290 e. The van der Waals surface area contributed by atoms with Gasteiger partial charge in [0.05, 0.1) is 4.92 Å². The van der Waals surface area contributed by atoms with Crippen molar-refractivity contribution in [1.82, 2.24) is 4.98 Å². The lowest BCUT2D eigenvalue weighted by molar-refractivity contribution is -0.385. The Hall–Kier alpha value is -2.08. The van der Waals surface area contributed by atoms with E-state index in [0.717, 1.165) is 11.4 Å². The Labute approximate surface area is 121 Å². The summed E-state index contributed by atoms with van der Waals surface area (Å²) in [5.41, 5.74) is 2.80. The highest BCUT2D eigenvalue weighted by atomic mass is 32.2. The topological polar surface area (TPSA) is 68.1 Å². The Balaban J connectivity index is 2.13. The van der Waals surface area contributed by atoms with E-state index in [0.29, 0.717) is 11.4 Å². The van der Waals surface area contributed by atoms with Crippen LogP contribution in [-0.2, 0) is 5.75 Å². The number of hydrogen-bond acceptors (Lipinski definition) is 5. The third kappa shape index (κ3) is 3.48. The number of anilines is 2. The van der Waals surface area contributed by atoms with Gasteiger partial charge in [0, 0.05) is 17.0 Å². The molecular weight excluding hydrogens is 274 g/mol. The van der Waals surface area contributed by atoms with Crippen molar-refractivity contribution in [3.63, 3.8) is 0 Å². The molecular formula is C14H15N3O2S. The maximum Gasteiger partial charge on any atom is 0.290 e. The summed E-state index contributed by atoms with van der Waals surface area (Å²) in [7, 11) is 0. The van der Waals surface area contributed by atoms with E-state index in [9.17, 15) is 10.1 Å². The Morgan fingerprint density at radius 3 is 2.60 bits per heavy atom. The van der Waals surface area contributed by atoms with Gasteiger partial charge in [-0.15, -0.1) is 0 Å². The van der Waals surface area contributed by atoms with Crippen LogP contribution < -0.4 is 5.32 Å². The standard InChI is InChI=1S/C14H15N3O2S/c1-10-7-14(15-8-13(10)17(18)19)16-12-5-3-11(4-6-12)9-20-2/h3-8H,9H2,1-2H3,(H,15,16). The average Bonchev–Trinajstić information content (AvgIpc) is 2.41. The van der Waals surface area contributed by atoms with Crippen LogP contribution in [0.1, 0.15) is 11.1 Å². The van der Waals surface area contributed by atoms with Gasteiger partial charge in [0.15, 0.2) is 0 Å². The maximum atomic E-state index is 10.7. The third-order valence-electron chi connectivity index (χ3n) is 2.82. The van der Waals surface area contributed by atoms with Gasteiger partial charge in [-0.25, -0.2) is 4.98 Å². The fourth-order valence-electron chi connectivity index (χ4n) is 1.81. The summed E-state index contributed by atoms with van der Waals surface area (Å²) >= 11 is 1.77. The average molecular weight is 289 g/mol. The minimum atomic E-state index is -0.427. The largest absolute Gasteiger partial charge is 0.340 e. The number of thioether (sulfide) groups is 1. The molecule has 0 amide bonds. The highest BCUT2D eigenvalue weighted by Crippen LogP contribution is 2.22. The molecule has 5 nitrogen and oxygen atoms in total. The Kier molecular flexibility index (Phi) is 4.57. The molecule has 1 N–H and O–H groups in total. The highest BCUT2D eigenvalue weighted by molar-refractivity contribution is 7.97. The van der Waals surface area contributed by atoms with Crippen molar-refractivity contribution < 1.29 is 4.92 Å². The Morgan fingerprint density at radius 2 is 2.05 bits per heavy atom. The van der Waals surface area contributed by atoms with Crippen molar-refractivity contribution in [3.8, 4) is 0 Å². The molecule has 0 fully saturated rings. The second-order valence-corrected chi connectivity index (χ2v) is 5.23. The number of nitrogens with zero attached hydrogens (tertiary/aromatic N) is 2. The summed E-state index contributed by atoms with van der Waals surface area (Å²) in [4.78, 5) is 14.4. The number of aromatic nitrogens is 1. The first kappa shape index (κ1) is 14.3. The first-order chi connectivity index (χ1) is 9.60. The minimum absolute atomic E-state index is 0.0332. The first-order valence-corrected chi connectivity index (χ1v) is 7.45. The molecule has 0 unspecified atom stereocenters. The second kappa shape index (κ2) is 6.38. The van der Waals surface area contributed by atoms with Crippen LogP contribution in [0, 0.1) is 17.0 Å². The number of rotatable bonds is 5. The fourth-order valence-corrected chi connectivity index (χ4v) is 2.33. The van der Waals surface area contributed by atoms with Gasteiger partial charge in [0.1, 0.15) is 12.0 Å². The van der Waals surface area contributed by atoms with E-state index < -0.39 is 4.92 Å². The molecule has 0 spiro atoms. The molecule has 1 aromatic carbocycles. The number of benzene rings is 1. The lowest BCUT2D eigenvalue weighted by atomic mass is 10.2. The molecule has 20 heavy (non-hydrogen) atoms. The van der Waals surface area contributed by atoms with Crippen molar-refractivity contribution in [2.24, 2.45) is 0 Å². The van der Waals surface area contributed by atoms with Crippen LogP contribution in [0.2, 0.25) is 0 Å². The summed E-state index contributed by atoms with van der Waals surface area (Å²) in [6.07, 6.45) is 3.34. The van der Waals surface area contributed by atoms with Gasteiger partial charge >= 0.3 is 0 Å². The van der Waals surface area contributed by atoms with Gasteiger partial charge in [-0.2, -0.15) is 11.8 Å². The molecule has 104 valence electrons. The van der Waals surface area contributed by atoms with E-state index in [1.807, 2.05) is 12.1 Å². The van der Waals surface area contributed by atoms with Crippen LogP contribution in [0.15, 0.2) is 36.5 Å². The Morgan fingerprint density at radius 1 is 1.35 bits per heavy atom. The molecule has 1 aromatic heterocycles. The van der Waals surface area contributed by atoms with Crippen molar-refractivity contribution in [1.29, 1.82) is 0 Å². The van der Waals surface area contributed by atoms with E-state index in [2.05, 4.69) is 28.7 Å². The molecule has 0 atom stereocenters. The number of nitro groups is 1. The van der Waals surface area contributed by atoms with Crippen LogP contribution in [0.5, 0.6) is 0 Å². The zero-order valence-corrected chi connectivity index (χ0v) is 12.1. The summed E-state index contributed by atoms with van der Waals surface area (Å²) in [6.45, 7) is 1.70. The minimum Gasteiger partial charge on any atom is -0.340 e. The monoisotopic (exact) mass is 289 g/mol. The lowest BCUT2D eigenvalue weighted by Gasteiger charge is -2.07. The molecule has 0 bridgehead atoms. The van der Waals surface area contributed by atoms with E-state index in [4.69, 9.17) is 0 Å². The first-order valence-electron chi connectivity index (χ1n) is 6.06. The van der Waals surface area contributed by atoms with E-state index >= 15 is 0 Å². The zero-order chi connectivity index (χ0) is 14.5. The van der Waals surface area contributed by atoms with Crippen LogP contribution in [0.4, 0.5) is 17.2 Å². The van der Waals surface area contributed by atoms with Crippen molar-refractivity contribution in [2.45, 2.75) is 12.7 Å². The van der Waals surface area contributed by atoms with Crippen LogP contribution >= 0.6 is 11.8 Å². The molecule has 6 heteroatoms. The molecule has 0 saturated carbocycles. The van der Waals surface area contributed by atoms with Crippen molar-refractivity contribution >= 4 is 29.0 Å². The normalized spacial score (nSPS) is 10.3. The Bertz CT molecular complexity index is 614. The molecule has 0 aliphatic rings. The predicted molar refractivity (Wildman–Crippen MR) is 82.6 cm³/mol. The number of hydrogen-bond donors (Lipinski definition) is 1. The van der Waals surface area contributed by atoms with Gasteiger partial charge in [-0.1, -0.05) is 12.1 Å². The van der Waals surface area contributed by atoms with Gasteiger partial charge in [-0.3, -0.25) is 10.1 Å². The van der Waals surface area contributed by atoms with Gasteiger partial charge < -0.3 is 5.32 Å². The summed E-state index contributed by atoms with van der Waals surface area (Å²) in [5.74, 6) is 1.58. The van der Waals surface area contributed by atoms with E-state index in [1.165, 1.54) is 11.8 Å². The molecule has 0 aliphatic heterocycles. The van der Waals surface area contributed by atoms with E-state index in [-0.39, 0.29) is 5.69 Å². The summed E-state index contributed by atoms with van der Waals surface area (Å²) in [6, 6.07) is 9.73. The third-order valence-corrected chi connectivity index (χ3v) is 3.44. The van der Waals surface area contributed by atoms with Crippen LogP contribution in [0.25, 0.3) is 0 Å². The van der Waals surface area contributed by atoms with Gasteiger partial charge in [0.25, 0.3) is 5.69 Å². The van der Waals surface area contributed by atoms with Gasteiger partial charge in [-0.05, 0) is 36.9 Å². The van der Waals surface area contributed by atoms with Crippen LogP contribution in [-0.4, -0.2) is 16.2 Å². The van der Waals surface area contributed by atoms with Crippen molar-refractivity contribution in [2.75, 3.05) is 11.6 Å². The molecule has 1 heterocycles. The maximum absolute atomic E-state index is 10.7. The lowest BCUT2D eigenvalue weighted by Crippen LogP contribution is -1.98. The second-order valence-electron chi connectivity index (χ2n) is 4.37. The van der Waals surface area contributed by atoms with Crippen LogP contribution in [0.3, 0.4) is 0 Å². The van der Waals surface area contributed by atoms with E-state index in [1.54, 1.807) is 24.8 Å². The predicted octanol–water partition coefficient (Wildman–Crippen LogP) is 3.90. The molecule has 0 radical (unpaired) electrons. The summed E-state index contributed by atoms with van der Waals surface area (Å²) < 4.78 is 0. The molecule has 2 rings (SSSR count). The van der Waals surface area contributed by atoms with Gasteiger partial charge in [0.2, 0.25) is 0 Å². The fraction of sp³-hybridized carbons (Fsp3) is 0.214. The number of pyridine rings is 1. The zero-order valence-electron chi connectivity index (χ0n) is 11.3. The summed E-state index contributed by atoms with van der Waals surface area (Å²) in [5, 5.41) is 13.9. The quantitative estimate of drug-likeness (QED) is 0.667. The van der Waals surface area contributed by atoms with Crippen molar-refractivity contribution in [3.05, 3.63) is 57.8 Å². The highest BCUT2D eigenvalue weighted by Gasteiger charge is 2.11. The molecule has 0 saturated heterocycles. The SMILES string of the molecule is CSCc1ccc(Nc2cc(C)c([N+](=O)[O-])cn2)cc1. The number of nitrogens with one attached hydrogen (secondary N) is 1.